The SMILES string of the molecule is O=C([O-])c1ccc(C(=O)O[O-])cc1.[Mg+2]. The van der Waals surface area contributed by atoms with Crippen molar-refractivity contribution in [2.45, 2.75) is 0 Å². The predicted molar refractivity (Wildman–Crippen MR) is 41.9 cm³/mol. The molecule has 0 N–H and O–H groups in total. The third kappa shape index (κ3) is 2.98. The van der Waals surface area contributed by atoms with Crippen LogP contribution in [0, 0.1) is 0 Å². The molecule has 1 rings (SSSR count). The minimum absolute atomic E-state index is 0. The van der Waals surface area contributed by atoms with Gasteiger partial charge in [-0.3, -0.25) is 0 Å². The Hall–Kier alpha value is -1.11. The topological polar surface area (TPSA) is 89.5 Å². The molecule has 68 valence electrons. The molecule has 0 fully saturated rings. The Bertz CT molecular complexity index is 332. The molecule has 1 aromatic rings. The van der Waals surface area contributed by atoms with E-state index in [4.69, 9.17) is 0 Å². The van der Waals surface area contributed by atoms with Crippen molar-refractivity contribution in [2.24, 2.45) is 0 Å². The summed E-state index contributed by atoms with van der Waals surface area (Å²) in [5, 5.41) is 19.9. The Balaban J connectivity index is 0.00000169. The second-order valence-corrected chi connectivity index (χ2v) is 2.24. The molecule has 0 aliphatic rings. The van der Waals surface area contributed by atoms with Crippen LogP contribution in [-0.4, -0.2) is 35.0 Å². The average molecular weight is 204 g/mol. The summed E-state index contributed by atoms with van der Waals surface area (Å²) in [6.45, 7) is 0. The first-order valence-electron chi connectivity index (χ1n) is 3.30. The fourth-order valence-electron chi connectivity index (χ4n) is 0.791. The summed E-state index contributed by atoms with van der Waals surface area (Å²) in [6, 6.07) is 4.65. The van der Waals surface area contributed by atoms with Crippen molar-refractivity contribution in [2.75, 3.05) is 0 Å². The first-order valence-corrected chi connectivity index (χ1v) is 3.30. The molecule has 0 saturated heterocycles. The summed E-state index contributed by atoms with van der Waals surface area (Å²) in [5.74, 6) is -2.40. The smallest absolute Gasteiger partial charge is 0.661 e. The van der Waals surface area contributed by atoms with Gasteiger partial charge in [-0.05, 0) is 17.7 Å². The van der Waals surface area contributed by atoms with Crippen LogP contribution >= 0.6 is 0 Å². The summed E-state index contributed by atoms with van der Waals surface area (Å²) in [5.41, 5.74) is -0.0672. The molecule has 0 aliphatic carbocycles. The van der Waals surface area contributed by atoms with Crippen LogP contribution in [0.2, 0.25) is 0 Å². The van der Waals surface area contributed by atoms with E-state index in [9.17, 15) is 20.0 Å². The van der Waals surface area contributed by atoms with Gasteiger partial charge in [-0.1, -0.05) is 12.1 Å². The number of carboxylic acid groups (broad SMARTS) is 1. The van der Waals surface area contributed by atoms with E-state index in [2.05, 4.69) is 4.89 Å². The molecule has 0 atom stereocenters. The normalized spacial score (nSPS) is 8.64. The number of carboxylic acids is 1. The molecule has 0 unspecified atom stereocenters. The molecule has 0 aliphatic heterocycles. The molecule has 0 saturated carbocycles. The molecule has 0 bridgehead atoms. The van der Waals surface area contributed by atoms with Gasteiger partial charge >= 0.3 is 29.0 Å². The zero-order valence-electron chi connectivity index (χ0n) is 7.06. The number of carbonyl (C=O) groups excluding carboxylic acids is 2. The minimum Gasteiger partial charge on any atom is -0.661 e. The van der Waals surface area contributed by atoms with Gasteiger partial charge in [0, 0.05) is 0 Å². The molecular formula is C8H4MgO5. The number of rotatable bonds is 2. The monoisotopic (exact) mass is 204 g/mol. The molecule has 14 heavy (non-hydrogen) atoms. The molecule has 1 aromatic carbocycles. The zero-order chi connectivity index (χ0) is 9.84. The standard InChI is InChI=1S/C8H6O5.Mg/c9-7(10)5-1-3-6(4-2-5)8(11)13-12;/h1-4,12H,(H,9,10);/q;+2/p-2. The van der Waals surface area contributed by atoms with Gasteiger partial charge < -0.3 is 20.0 Å². The number of carbonyl (C=O) groups is 2. The maximum atomic E-state index is 10.6. The second kappa shape index (κ2) is 5.58. The van der Waals surface area contributed by atoms with Crippen LogP contribution < -0.4 is 10.4 Å². The molecule has 0 spiro atoms. The van der Waals surface area contributed by atoms with Gasteiger partial charge in [-0.15, -0.1) is 0 Å². The van der Waals surface area contributed by atoms with Gasteiger partial charge in [0.05, 0.1) is 11.5 Å². The van der Waals surface area contributed by atoms with Crippen LogP contribution in [0.15, 0.2) is 24.3 Å². The molecule has 6 heteroatoms. The fourth-order valence-corrected chi connectivity index (χ4v) is 0.791. The van der Waals surface area contributed by atoms with E-state index in [1.54, 1.807) is 0 Å². The minimum atomic E-state index is -1.35. The number of benzene rings is 1. The molecule has 0 amide bonds. The Morgan fingerprint density at radius 1 is 1.07 bits per heavy atom. The van der Waals surface area contributed by atoms with E-state index in [0.717, 1.165) is 12.1 Å². The van der Waals surface area contributed by atoms with E-state index in [1.807, 2.05) is 0 Å². The van der Waals surface area contributed by atoms with Crippen molar-refractivity contribution >= 4 is 35.0 Å². The van der Waals surface area contributed by atoms with Gasteiger partial charge in [-0.2, -0.15) is 0 Å². The molecule has 5 nitrogen and oxygen atoms in total. The van der Waals surface area contributed by atoms with Crippen molar-refractivity contribution in [1.82, 2.24) is 0 Å². The third-order valence-corrected chi connectivity index (χ3v) is 1.43. The summed E-state index contributed by atoms with van der Waals surface area (Å²) in [6.07, 6.45) is 0. The Kier molecular flexibility index (Phi) is 5.14. The number of hydrogen-bond acceptors (Lipinski definition) is 5. The first kappa shape index (κ1) is 12.9. The van der Waals surface area contributed by atoms with Crippen LogP contribution in [-0.2, 0) is 4.89 Å². The quantitative estimate of drug-likeness (QED) is 0.319. The second-order valence-electron chi connectivity index (χ2n) is 2.24. The van der Waals surface area contributed by atoms with Crippen LogP contribution in [0.3, 0.4) is 0 Å². The largest absolute Gasteiger partial charge is 2.00 e. The van der Waals surface area contributed by atoms with Gasteiger partial charge in [0.1, 0.15) is 0 Å². The fraction of sp³-hybridized carbons (Fsp3) is 0. The van der Waals surface area contributed by atoms with Gasteiger partial charge in [0.15, 0.2) is 0 Å². The summed E-state index contributed by atoms with van der Waals surface area (Å²) in [4.78, 5) is 24.0. The maximum Gasteiger partial charge on any atom is 2.00 e. The molecule has 0 aromatic heterocycles. The maximum absolute atomic E-state index is 10.6. The third-order valence-electron chi connectivity index (χ3n) is 1.43. The van der Waals surface area contributed by atoms with E-state index >= 15 is 0 Å². The van der Waals surface area contributed by atoms with E-state index in [-0.39, 0.29) is 34.2 Å². The van der Waals surface area contributed by atoms with Gasteiger partial charge in [-0.25, -0.2) is 4.79 Å². The van der Waals surface area contributed by atoms with Crippen molar-refractivity contribution < 1.29 is 24.8 Å². The van der Waals surface area contributed by atoms with Crippen molar-refractivity contribution in [3.05, 3.63) is 35.4 Å². The van der Waals surface area contributed by atoms with E-state index < -0.39 is 11.9 Å². The zero-order valence-corrected chi connectivity index (χ0v) is 8.47. The molecular weight excluding hydrogens is 200 g/mol. The predicted octanol–water partition coefficient (Wildman–Crippen LogP) is -1.90. The summed E-state index contributed by atoms with van der Waals surface area (Å²) < 4.78 is 0. The van der Waals surface area contributed by atoms with Crippen molar-refractivity contribution in [3.63, 3.8) is 0 Å². The van der Waals surface area contributed by atoms with E-state index in [0.29, 0.717) is 0 Å². The van der Waals surface area contributed by atoms with Gasteiger partial charge in [0.2, 0.25) is 0 Å². The van der Waals surface area contributed by atoms with Crippen molar-refractivity contribution in [3.8, 4) is 0 Å². The summed E-state index contributed by atoms with van der Waals surface area (Å²) >= 11 is 0. The number of aromatic carboxylic acids is 1. The Morgan fingerprint density at radius 2 is 1.50 bits per heavy atom. The van der Waals surface area contributed by atoms with Gasteiger partial charge in [0.25, 0.3) is 0 Å². The van der Waals surface area contributed by atoms with Crippen LogP contribution in [0.4, 0.5) is 0 Å². The van der Waals surface area contributed by atoms with Crippen LogP contribution in [0.1, 0.15) is 20.7 Å². The first-order chi connectivity index (χ1) is 6.15. The van der Waals surface area contributed by atoms with Crippen molar-refractivity contribution in [1.29, 1.82) is 0 Å². The average Bonchev–Trinajstić information content (AvgIpc) is 2.17. The molecule has 0 radical (unpaired) electrons. The Labute approximate surface area is 95.4 Å². The Morgan fingerprint density at radius 3 is 1.86 bits per heavy atom. The number of hydrogen-bond donors (Lipinski definition) is 0. The molecule has 0 heterocycles. The van der Waals surface area contributed by atoms with Crippen LogP contribution in [0.25, 0.3) is 0 Å². The summed E-state index contributed by atoms with van der Waals surface area (Å²) in [7, 11) is 0. The van der Waals surface area contributed by atoms with Crippen LogP contribution in [0.5, 0.6) is 0 Å². The van der Waals surface area contributed by atoms with E-state index in [1.165, 1.54) is 12.1 Å².